The van der Waals surface area contributed by atoms with E-state index in [1.165, 1.54) is 25.7 Å². The fourth-order valence-corrected chi connectivity index (χ4v) is 5.23. The fraction of sp³-hybridized carbons (Fsp3) is 0.567. The van der Waals surface area contributed by atoms with Crippen LogP contribution in [0.5, 0.6) is 28.9 Å². The molecular weight excluding hydrogens is 484 g/mol. The van der Waals surface area contributed by atoms with Gasteiger partial charge in [-0.05, 0) is 51.5 Å². The maximum Gasteiger partial charge on any atom is 0.234 e. The molecular formula is C30H44N2O6. The predicted molar refractivity (Wildman–Crippen MR) is 150 cm³/mol. The number of allylic oxidation sites excluding steroid dienone is 4. The molecule has 2 aromatic rings. The van der Waals surface area contributed by atoms with Crippen molar-refractivity contribution in [3.8, 4) is 28.9 Å². The molecule has 38 heavy (non-hydrogen) atoms. The molecule has 3 rings (SSSR count). The zero-order valence-corrected chi connectivity index (χ0v) is 22.6. The number of nitrogens with zero attached hydrogens (tertiary/aromatic N) is 1. The summed E-state index contributed by atoms with van der Waals surface area (Å²) >= 11 is 0. The van der Waals surface area contributed by atoms with E-state index in [-0.39, 0.29) is 29.1 Å². The van der Waals surface area contributed by atoms with Gasteiger partial charge in [-0.25, -0.2) is 4.57 Å². The number of phenols is 4. The molecule has 0 spiro atoms. The molecule has 8 nitrogen and oxygen atoms in total. The van der Waals surface area contributed by atoms with E-state index in [0.717, 1.165) is 43.1 Å². The topological polar surface area (TPSA) is 135 Å². The largest absolute Gasteiger partial charge is 0.504 e. The van der Waals surface area contributed by atoms with Crippen LogP contribution >= 0.6 is 0 Å². The normalized spacial score (nSPS) is 16.0. The molecule has 8 heteroatoms. The highest BCUT2D eigenvalue weighted by molar-refractivity contribution is 6.06. The number of hydrogen-bond acceptors (Lipinski definition) is 7. The number of rotatable bonds is 15. The third kappa shape index (κ3) is 7.04. The average Bonchev–Trinajstić information content (AvgIpc) is 3.54. The van der Waals surface area contributed by atoms with E-state index in [1.807, 2.05) is 0 Å². The lowest BCUT2D eigenvalue weighted by atomic mass is 9.96. The number of carbonyl (C=O) groups excluding carboxylic acids is 1. The first kappa shape index (κ1) is 29.4. The summed E-state index contributed by atoms with van der Waals surface area (Å²) in [5.41, 5.74) is 0.117. The number of unbranched alkanes of at least 4 members (excludes halogenated alkanes) is 8. The van der Waals surface area contributed by atoms with Crippen LogP contribution in [-0.2, 0) is 0 Å². The lowest BCUT2D eigenvalue weighted by molar-refractivity contribution is 0.0894. The van der Waals surface area contributed by atoms with E-state index in [0.29, 0.717) is 31.5 Å². The molecule has 1 aromatic heterocycles. The Hall–Kier alpha value is -3.13. The molecule has 210 valence electrons. The van der Waals surface area contributed by atoms with Gasteiger partial charge in [-0.2, -0.15) is 0 Å². The molecule has 0 aliphatic carbocycles. The number of benzene rings is 1. The van der Waals surface area contributed by atoms with E-state index in [2.05, 4.69) is 36.5 Å². The number of hydrogen-bond donors (Lipinski definition) is 6. The summed E-state index contributed by atoms with van der Waals surface area (Å²) < 4.78 is 0.972. The molecule has 1 aromatic carbocycles. The number of aromatic nitrogens is 1. The summed E-state index contributed by atoms with van der Waals surface area (Å²) in [5.74, 6) is -4.20. The monoisotopic (exact) mass is 528 g/mol. The van der Waals surface area contributed by atoms with Gasteiger partial charge in [0.15, 0.2) is 11.5 Å². The maximum absolute atomic E-state index is 13.1. The molecule has 0 bridgehead atoms. The molecule has 1 unspecified atom stereocenters. The Labute approximate surface area is 225 Å². The Morgan fingerprint density at radius 2 is 1.47 bits per heavy atom. The third-order valence-electron chi connectivity index (χ3n) is 7.38. The number of aromatic hydroxyl groups is 5. The number of phenolic OH excluding ortho intramolecular Hbond substituents is 4. The third-order valence-corrected chi connectivity index (χ3v) is 7.38. The van der Waals surface area contributed by atoms with E-state index in [9.17, 15) is 30.3 Å². The van der Waals surface area contributed by atoms with Gasteiger partial charge in [-0.15, -0.1) is 0 Å². The Morgan fingerprint density at radius 3 is 2.13 bits per heavy atom. The Kier molecular flexibility index (Phi) is 11.4. The minimum Gasteiger partial charge on any atom is -0.504 e. The van der Waals surface area contributed by atoms with E-state index in [1.54, 1.807) is 0 Å². The zero-order chi connectivity index (χ0) is 27.5. The van der Waals surface area contributed by atoms with Crippen molar-refractivity contribution in [3.63, 3.8) is 0 Å². The molecule has 0 saturated carbocycles. The van der Waals surface area contributed by atoms with Crippen LogP contribution in [0.4, 0.5) is 0 Å². The first-order chi connectivity index (χ1) is 18.4. The Morgan fingerprint density at radius 1 is 0.842 bits per heavy atom. The van der Waals surface area contributed by atoms with Gasteiger partial charge in [0.05, 0.1) is 5.39 Å². The SMILES string of the molecule is CCCCC/C=C\C/C=C\CCCCCCCC(=O)n1c(O)c(C2CCNC2)c2c(O)c(O)c(O)c(O)c21. The maximum atomic E-state index is 13.1. The zero-order valence-electron chi connectivity index (χ0n) is 22.6. The first-order valence-electron chi connectivity index (χ1n) is 14.2. The standard InChI is InChI=1S/C30H44N2O6/c1-2-3-4-5-6-7-8-9-10-11-12-13-14-15-16-17-22(33)32-25-24(26(34)28(36)29(37)27(25)35)23(30(32)38)21-18-19-31-20-21/h6-7,9-10,21,31,34-38H,2-5,8,11-20H2,1H3/b7-6-,10-9-. The van der Waals surface area contributed by atoms with Crippen molar-refractivity contribution in [2.75, 3.05) is 13.1 Å². The van der Waals surface area contributed by atoms with Crippen LogP contribution in [0.15, 0.2) is 24.3 Å². The van der Waals surface area contributed by atoms with Gasteiger partial charge in [-0.1, -0.05) is 63.3 Å². The molecule has 0 radical (unpaired) electrons. The molecule has 1 aliphatic rings. The quantitative estimate of drug-likeness (QED) is 0.0655. The van der Waals surface area contributed by atoms with Gasteiger partial charge in [0.2, 0.25) is 23.3 Å². The summed E-state index contributed by atoms with van der Waals surface area (Å²) in [7, 11) is 0. The van der Waals surface area contributed by atoms with Gasteiger partial charge in [0.25, 0.3) is 0 Å². The van der Waals surface area contributed by atoms with Crippen LogP contribution in [0.2, 0.25) is 0 Å². The van der Waals surface area contributed by atoms with E-state index in [4.69, 9.17) is 0 Å². The van der Waals surface area contributed by atoms with Crippen LogP contribution in [0.25, 0.3) is 10.9 Å². The summed E-state index contributed by atoms with van der Waals surface area (Å²) in [6.45, 7) is 3.44. The fourth-order valence-electron chi connectivity index (χ4n) is 5.23. The van der Waals surface area contributed by atoms with Crippen LogP contribution in [0.1, 0.15) is 107 Å². The highest BCUT2D eigenvalue weighted by atomic mass is 16.3. The van der Waals surface area contributed by atoms with E-state index < -0.39 is 28.9 Å². The van der Waals surface area contributed by atoms with Crippen molar-refractivity contribution in [3.05, 3.63) is 29.9 Å². The lowest BCUT2D eigenvalue weighted by Gasteiger charge is -2.10. The number of fused-ring (bicyclic) bond motifs is 1. The molecule has 1 atom stereocenters. The molecule has 0 amide bonds. The Bertz CT molecular complexity index is 1130. The first-order valence-corrected chi connectivity index (χ1v) is 14.2. The highest BCUT2D eigenvalue weighted by Gasteiger charge is 2.34. The average molecular weight is 529 g/mol. The van der Waals surface area contributed by atoms with Gasteiger partial charge in [-0.3, -0.25) is 4.79 Å². The van der Waals surface area contributed by atoms with Gasteiger partial charge in [0, 0.05) is 24.4 Å². The summed E-state index contributed by atoms with van der Waals surface area (Å²) in [6, 6.07) is 0. The minimum atomic E-state index is -0.922. The molecule has 6 N–H and O–H groups in total. The van der Waals surface area contributed by atoms with Gasteiger partial charge in [0.1, 0.15) is 5.52 Å². The number of carbonyl (C=O) groups is 1. The van der Waals surface area contributed by atoms with Crippen molar-refractivity contribution < 1.29 is 30.3 Å². The second-order valence-corrected chi connectivity index (χ2v) is 10.3. The van der Waals surface area contributed by atoms with Crippen LogP contribution in [0, 0.1) is 0 Å². The molecule has 1 fully saturated rings. The second-order valence-electron chi connectivity index (χ2n) is 10.3. The van der Waals surface area contributed by atoms with E-state index >= 15 is 0 Å². The highest BCUT2D eigenvalue weighted by Crippen LogP contribution is 2.54. The molecule has 1 saturated heterocycles. The Balaban J connectivity index is 1.51. The van der Waals surface area contributed by atoms with Gasteiger partial charge < -0.3 is 30.8 Å². The summed E-state index contributed by atoms with van der Waals surface area (Å²) in [5, 5.41) is 55.5. The van der Waals surface area contributed by atoms with Crippen LogP contribution < -0.4 is 5.32 Å². The summed E-state index contributed by atoms with van der Waals surface area (Å²) in [4.78, 5) is 13.1. The number of nitrogens with one attached hydrogen (secondary N) is 1. The van der Waals surface area contributed by atoms with Crippen molar-refractivity contribution in [1.82, 2.24) is 9.88 Å². The predicted octanol–water partition coefficient (Wildman–Crippen LogP) is 6.70. The van der Waals surface area contributed by atoms with Crippen molar-refractivity contribution in [2.24, 2.45) is 0 Å². The summed E-state index contributed by atoms with van der Waals surface area (Å²) in [6.07, 6.45) is 21.4. The second kappa shape index (κ2) is 14.7. The van der Waals surface area contributed by atoms with Crippen LogP contribution in [0.3, 0.4) is 0 Å². The minimum absolute atomic E-state index is 0.00242. The van der Waals surface area contributed by atoms with Crippen molar-refractivity contribution in [1.29, 1.82) is 0 Å². The lowest BCUT2D eigenvalue weighted by Crippen LogP contribution is -2.11. The van der Waals surface area contributed by atoms with Crippen LogP contribution in [-0.4, -0.2) is 49.1 Å². The van der Waals surface area contributed by atoms with Crippen molar-refractivity contribution in [2.45, 2.75) is 96.3 Å². The molecule has 2 heterocycles. The molecule has 1 aliphatic heterocycles. The van der Waals surface area contributed by atoms with Gasteiger partial charge >= 0.3 is 0 Å². The smallest absolute Gasteiger partial charge is 0.234 e. The van der Waals surface area contributed by atoms with Crippen molar-refractivity contribution >= 4 is 16.8 Å².